The van der Waals surface area contributed by atoms with Crippen molar-refractivity contribution in [2.24, 2.45) is 0 Å². The van der Waals surface area contributed by atoms with Crippen molar-refractivity contribution in [1.82, 2.24) is 15.1 Å². The molecule has 2 aromatic carbocycles. The lowest BCUT2D eigenvalue weighted by Crippen LogP contribution is -2.37. The van der Waals surface area contributed by atoms with Gasteiger partial charge in [-0.15, -0.1) is 0 Å². The summed E-state index contributed by atoms with van der Waals surface area (Å²) in [6, 6.07) is 16.4. The van der Waals surface area contributed by atoms with Gasteiger partial charge in [0.2, 0.25) is 0 Å². The quantitative estimate of drug-likeness (QED) is 0.518. The van der Waals surface area contributed by atoms with Crippen LogP contribution in [0.15, 0.2) is 48.5 Å². The van der Waals surface area contributed by atoms with E-state index in [2.05, 4.69) is 46.5 Å². The number of anilines is 1. The number of hydrogen-bond acceptors (Lipinski definition) is 5. The molecule has 0 saturated heterocycles. The molecule has 1 aromatic heterocycles. The minimum absolute atomic E-state index is 0.0844. The van der Waals surface area contributed by atoms with Crippen LogP contribution in [0, 0.1) is 13.8 Å². The number of nitrogens with one attached hydrogen (secondary N) is 1. The molecule has 0 spiro atoms. The monoisotopic (exact) mass is 460 g/mol. The van der Waals surface area contributed by atoms with Gasteiger partial charge in [0.15, 0.2) is 0 Å². The fraction of sp³-hybridized carbons (Fsp3) is 0.370. The van der Waals surface area contributed by atoms with Crippen LogP contribution >= 0.6 is 0 Å². The molecule has 0 saturated carbocycles. The largest absolute Gasteiger partial charge is 0.469 e. The highest BCUT2D eigenvalue weighted by Gasteiger charge is 2.25. The Hall–Kier alpha value is -3.61. The molecule has 2 heterocycles. The van der Waals surface area contributed by atoms with E-state index in [1.54, 1.807) is 0 Å². The predicted octanol–water partition coefficient (Wildman–Crippen LogP) is 3.78. The molecule has 0 fully saturated rings. The van der Waals surface area contributed by atoms with Crippen molar-refractivity contribution >= 4 is 17.6 Å². The smallest absolute Gasteiger partial charge is 0.305 e. The number of carbonyl (C=O) groups is 2. The Morgan fingerprint density at radius 3 is 2.59 bits per heavy atom. The van der Waals surface area contributed by atoms with Crippen molar-refractivity contribution < 1.29 is 14.3 Å². The van der Waals surface area contributed by atoms with E-state index in [0.717, 1.165) is 35.6 Å². The topological polar surface area (TPSA) is 76.5 Å². The fourth-order valence-corrected chi connectivity index (χ4v) is 4.73. The summed E-state index contributed by atoms with van der Waals surface area (Å²) in [6.07, 6.45) is 1.96. The Kier molecular flexibility index (Phi) is 7.01. The Labute approximate surface area is 200 Å². The molecule has 178 valence electrons. The highest BCUT2D eigenvalue weighted by Crippen LogP contribution is 2.31. The first kappa shape index (κ1) is 23.5. The first-order valence-electron chi connectivity index (χ1n) is 11.7. The zero-order valence-corrected chi connectivity index (χ0v) is 20.3. The maximum absolute atomic E-state index is 12.7. The van der Waals surface area contributed by atoms with Crippen LogP contribution in [0.5, 0.6) is 0 Å². The SMILES string of the molecule is COC(=O)CCc1c(C)nn(-c2ccc(C(=O)NCCN3c4ccccc4CC3C)cc2)c1C. The second kappa shape index (κ2) is 10.1. The van der Waals surface area contributed by atoms with Crippen LogP contribution < -0.4 is 10.2 Å². The van der Waals surface area contributed by atoms with Crippen LogP contribution in [-0.4, -0.2) is 47.9 Å². The number of amides is 1. The Bertz CT molecular complexity index is 1180. The maximum atomic E-state index is 12.7. The molecular weight excluding hydrogens is 428 g/mol. The first-order chi connectivity index (χ1) is 16.4. The number of ether oxygens (including phenoxy) is 1. The van der Waals surface area contributed by atoms with Crippen LogP contribution in [0.3, 0.4) is 0 Å². The van der Waals surface area contributed by atoms with Gasteiger partial charge in [0.1, 0.15) is 0 Å². The van der Waals surface area contributed by atoms with Crippen LogP contribution in [0.4, 0.5) is 5.69 Å². The van der Waals surface area contributed by atoms with Gasteiger partial charge in [-0.05, 0) is 75.1 Å². The molecule has 1 unspecified atom stereocenters. The van der Waals surface area contributed by atoms with Gasteiger partial charge in [-0.3, -0.25) is 9.59 Å². The number of para-hydroxylation sites is 1. The number of carbonyl (C=O) groups excluding carboxylic acids is 2. The molecule has 0 bridgehead atoms. The standard InChI is InChI=1S/C27H32N4O3/c1-18-17-22-7-5-6-8-25(22)30(18)16-15-28-27(33)21-9-11-23(12-10-21)31-20(3)24(19(2)29-31)13-14-26(32)34-4/h5-12,18H,13-17H2,1-4H3,(H,28,33). The van der Waals surface area contributed by atoms with E-state index in [9.17, 15) is 9.59 Å². The Morgan fingerprint density at radius 1 is 1.12 bits per heavy atom. The lowest BCUT2D eigenvalue weighted by atomic mass is 10.1. The van der Waals surface area contributed by atoms with E-state index in [0.29, 0.717) is 31.0 Å². The average molecular weight is 461 g/mol. The zero-order chi connectivity index (χ0) is 24.2. The number of rotatable bonds is 8. The summed E-state index contributed by atoms with van der Waals surface area (Å²) in [4.78, 5) is 26.6. The maximum Gasteiger partial charge on any atom is 0.305 e. The van der Waals surface area contributed by atoms with Gasteiger partial charge < -0.3 is 15.0 Å². The third-order valence-electron chi connectivity index (χ3n) is 6.61. The average Bonchev–Trinajstić information content (AvgIpc) is 3.32. The van der Waals surface area contributed by atoms with Gasteiger partial charge in [0.05, 0.1) is 18.5 Å². The van der Waals surface area contributed by atoms with Crippen LogP contribution in [0.1, 0.15) is 46.2 Å². The summed E-state index contributed by atoms with van der Waals surface area (Å²) in [5.41, 5.74) is 7.05. The van der Waals surface area contributed by atoms with Crippen LogP contribution in [0.25, 0.3) is 5.69 Å². The molecule has 4 rings (SSSR count). The third-order valence-corrected chi connectivity index (χ3v) is 6.61. The fourth-order valence-electron chi connectivity index (χ4n) is 4.73. The summed E-state index contributed by atoms with van der Waals surface area (Å²) >= 11 is 0. The van der Waals surface area contributed by atoms with E-state index in [-0.39, 0.29) is 11.9 Å². The van der Waals surface area contributed by atoms with E-state index in [4.69, 9.17) is 4.74 Å². The normalized spacial score (nSPS) is 14.7. The van der Waals surface area contributed by atoms with Gasteiger partial charge in [-0.25, -0.2) is 4.68 Å². The molecule has 7 heteroatoms. The van der Waals surface area contributed by atoms with Crippen molar-refractivity contribution in [2.45, 2.75) is 46.1 Å². The number of hydrogen-bond donors (Lipinski definition) is 1. The lowest BCUT2D eigenvalue weighted by molar-refractivity contribution is -0.140. The number of esters is 1. The van der Waals surface area contributed by atoms with Gasteiger partial charge in [0, 0.05) is 42.5 Å². The molecule has 0 aliphatic carbocycles. The summed E-state index contributed by atoms with van der Waals surface area (Å²) in [5.74, 6) is -0.316. The number of aryl methyl sites for hydroxylation is 1. The number of fused-ring (bicyclic) bond motifs is 1. The number of nitrogens with zero attached hydrogens (tertiary/aromatic N) is 3. The number of methoxy groups -OCH3 is 1. The predicted molar refractivity (Wildman–Crippen MR) is 133 cm³/mol. The van der Waals surface area contributed by atoms with Crippen molar-refractivity contribution in [1.29, 1.82) is 0 Å². The molecular formula is C27H32N4O3. The molecule has 34 heavy (non-hydrogen) atoms. The molecule has 3 aromatic rings. The summed E-state index contributed by atoms with van der Waals surface area (Å²) in [7, 11) is 1.40. The molecule has 1 atom stereocenters. The zero-order valence-electron chi connectivity index (χ0n) is 20.3. The van der Waals surface area contributed by atoms with E-state index in [1.165, 1.54) is 18.4 Å². The molecule has 1 N–H and O–H groups in total. The van der Waals surface area contributed by atoms with Gasteiger partial charge in [-0.2, -0.15) is 5.10 Å². The molecule has 1 aliphatic rings. The number of benzene rings is 2. The van der Waals surface area contributed by atoms with E-state index in [1.807, 2.05) is 42.8 Å². The Morgan fingerprint density at radius 2 is 1.85 bits per heavy atom. The minimum atomic E-state index is -0.231. The van der Waals surface area contributed by atoms with E-state index >= 15 is 0 Å². The number of aromatic nitrogens is 2. The molecule has 1 amide bonds. The summed E-state index contributed by atoms with van der Waals surface area (Å²) < 4.78 is 6.61. The first-order valence-corrected chi connectivity index (χ1v) is 11.7. The highest BCUT2D eigenvalue weighted by atomic mass is 16.5. The highest BCUT2D eigenvalue weighted by molar-refractivity contribution is 5.94. The van der Waals surface area contributed by atoms with Crippen molar-refractivity contribution in [3.05, 3.63) is 76.6 Å². The van der Waals surface area contributed by atoms with E-state index < -0.39 is 0 Å². The second-order valence-corrected chi connectivity index (χ2v) is 8.82. The summed E-state index contributed by atoms with van der Waals surface area (Å²) in [5, 5.41) is 7.68. The van der Waals surface area contributed by atoms with Crippen molar-refractivity contribution in [3.8, 4) is 5.69 Å². The second-order valence-electron chi connectivity index (χ2n) is 8.82. The van der Waals surface area contributed by atoms with Gasteiger partial charge in [0.25, 0.3) is 5.91 Å². The van der Waals surface area contributed by atoms with Crippen LogP contribution in [-0.2, 0) is 22.4 Å². The van der Waals surface area contributed by atoms with Gasteiger partial charge >= 0.3 is 5.97 Å². The van der Waals surface area contributed by atoms with Crippen LogP contribution in [0.2, 0.25) is 0 Å². The lowest BCUT2D eigenvalue weighted by Gasteiger charge is -2.25. The van der Waals surface area contributed by atoms with Gasteiger partial charge in [-0.1, -0.05) is 18.2 Å². The molecule has 7 nitrogen and oxygen atoms in total. The third kappa shape index (κ3) is 4.83. The summed E-state index contributed by atoms with van der Waals surface area (Å²) in [6.45, 7) is 7.52. The molecule has 1 aliphatic heterocycles. The Balaban J connectivity index is 1.36. The molecule has 0 radical (unpaired) electrons. The minimum Gasteiger partial charge on any atom is -0.469 e. The van der Waals surface area contributed by atoms with Crippen molar-refractivity contribution in [2.75, 3.05) is 25.1 Å². The van der Waals surface area contributed by atoms with Crippen molar-refractivity contribution in [3.63, 3.8) is 0 Å².